The molecule has 1 unspecified atom stereocenters. The molecule has 1 amide bonds. The number of allylic oxidation sites excluding steroid dienone is 1. The molecule has 2 N–H and O–H groups in total. The molecule has 0 saturated heterocycles. The largest absolute Gasteiger partial charge is 0.494 e. The minimum atomic E-state index is -0.451. The van der Waals surface area contributed by atoms with Gasteiger partial charge in [-0.25, -0.2) is 4.68 Å². The van der Waals surface area contributed by atoms with Gasteiger partial charge >= 0.3 is 0 Å². The molecule has 5 rings (SSSR count). The Balaban J connectivity index is 1.42. The molecule has 0 saturated carbocycles. The van der Waals surface area contributed by atoms with E-state index in [0.29, 0.717) is 23.3 Å². The van der Waals surface area contributed by atoms with Crippen LogP contribution in [0.25, 0.3) is 0 Å². The van der Waals surface area contributed by atoms with E-state index in [4.69, 9.17) is 14.8 Å². The van der Waals surface area contributed by atoms with Crippen molar-refractivity contribution >= 4 is 29.3 Å². The molecule has 0 radical (unpaired) electrons. The number of benzene rings is 3. The molecule has 0 bridgehead atoms. The maximum atomic E-state index is 13.8. The van der Waals surface area contributed by atoms with Crippen molar-refractivity contribution in [2.45, 2.75) is 63.4 Å². The summed E-state index contributed by atoms with van der Waals surface area (Å²) in [7, 11) is 0. The maximum absolute atomic E-state index is 13.8. The van der Waals surface area contributed by atoms with Crippen LogP contribution in [0.2, 0.25) is 0 Å². The van der Waals surface area contributed by atoms with Crippen molar-refractivity contribution in [1.82, 2.24) is 14.8 Å². The molecule has 7 nitrogen and oxygen atoms in total. The van der Waals surface area contributed by atoms with Gasteiger partial charge in [-0.2, -0.15) is 4.98 Å². The average molecular weight is 568 g/mol. The highest BCUT2D eigenvalue weighted by molar-refractivity contribution is 7.98. The minimum absolute atomic E-state index is 0.179. The highest BCUT2D eigenvalue weighted by Gasteiger charge is 2.34. The van der Waals surface area contributed by atoms with E-state index in [1.807, 2.05) is 85.3 Å². The fraction of sp³-hybridized carbons (Fsp3) is 0.303. The second-order valence-corrected chi connectivity index (χ2v) is 11.2. The van der Waals surface area contributed by atoms with Crippen LogP contribution in [0.3, 0.4) is 0 Å². The third-order valence-electron chi connectivity index (χ3n) is 7.03. The van der Waals surface area contributed by atoms with Gasteiger partial charge < -0.3 is 15.4 Å². The standard InChI is InChI=1S/C33H37N5O2S/c1-4-5-6-10-20-40-28-18-16-26(17-19-28)30-29(31(39)35-27-15-11-12-23(2)21-27)24(3)34-32-36-33(37-38(30)32)41-22-25-13-8-7-9-14-25/h7-9,11-19,21,30H,4-6,10,20,22H2,1-3H3,(H,35,39)(H,34,36,37). The number of unbranched alkanes of at least 4 members (excludes halogenated alkanes) is 3. The number of carbonyl (C=O) groups is 1. The van der Waals surface area contributed by atoms with Crippen LogP contribution in [0.5, 0.6) is 5.75 Å². The maximum Gasteiger partial charge on any atom is 0.255 e. The van der Waals surface area contributed by atoms with Crippen LogP contribution in [0.1, 0.15) is 62.3 Å². The lowest BCUT2D eigenvalue weighted by Gasteiger charge is -2.28. The van der Waals surface area contributed by atoms with E-state index in [0.717, 1.165) is 40.4 Å². The highest BCUT2D eigenvalue weighted by Crippen LogP contribution is 2.37. The van der Waals surface area contributed by atoms with E-state index in [1.54, 1.807) is 11.8 Å². The zero-order valence-corrected chi connectivity index (χ0v) is 24.7. The summed E-state index contributed by atoms with van der Waals surface area (Å²) in [6, 6.07) is 25.6. The Morgan fingerprint density at radius 3 is 2.56 bits per heavy atom. The summed E-state index contributed by atoms with van der Waals surface area (Å²) in [5.41, 5.74) is 5.31. The van der Waals surface area contributed by atoms with Crippen LogP contribution in [-0.4, -0.2) is 27.3 Å². The molecule has 4 aromatic rings. The Kier molecular flexibility index (Phi) is 9.41. The first-order chi connectivity index (χ1) is 20.0. The monoisotopic (exact) mass is 567 g/mol. The molecule has 3 aromatic carbocycles. The van der Waals surface area contributed by atoms with Gasteiger partial charge in [0, 0.05) is 17.1 Å². The number of amides is 1. The summed E-state index contributed by atoms with van der Waals surface area (Å²) in [6.07, 6.45) is 4.64. The van der Waals surface area contributed by atoms with Gasteiger partial charge in [0.05, 0.1) is 12.2 Å². The summed E-state index contributed by atoms with van der Waals surface area (Å²) in [6.45, 7) is 6.83. The van der Waals surface area contributed by atoms with Crippen LogP contribution in [0, 0.1) is 6.92 Å². The zero-order chi connectivity index (χ0) is 28.6. The zero-order valence-electron chi connectivity index (χ0n) is 23.9. The number of thioether (sulfide) groups is 1. The van der Waals surface area contributed by atoms with Gasteiger partial charge in [0.2, 0.25) is 11.1 Å². The molecule has 8 heteroatoms. The molecule has 212 valence electrons. The van der Waals surface area contributed by atoms with Gasteiger partial charge in [-0.1, -0.05) is 92.5 Å². The molecular weight excluding hydrogens is 530 g/mol. The van der Waals surface area contributed by atoms with E-state index in [1.165, 1.54) is 24.8 Å². The van der Waals surface area contributed by atoms with Crippen LogP contribution >= 0.6 is 11.8 Å². The summed E-state index contributed by atoms with van der Waals surface area (Å²) in [4.78, 5) is 18.6. The van der Waals surface area contributed by atoms with Crippen LogP contribution in [-0.2, 0) is 10.5 Å². The van der Waals surface area contributed by atoms with Crippen molar-refractivity contribution in [3.63, 3.8) is 0 Å². The molecule has 2 heterocycles. The minimum Gasteiger partial charge on any atom is -0.494 e. The van der Waals surface area contributed by atoms with Crippen LogP contribution in [0.15, 0.2) is 95.3 Å². The smallest absolute Gasteiger partial charge is 0.255 e. The van der Waals surface area contributed by atoms with Gasteiger partial charge in [0.15, 0.2) is 0 Å². The van der Waals surface area contributed by atoms with E-state index < -0.39 is 6.04 Å². The molecule has 1 atom stereocenters. The second-order valence-electron chi connectivity index (χ2n) is 10.3. The van der Waals surface area contributed by atoms with Gasteiger partial charge in [-0.05, 0) is 61.2 Å². The fourth-order valence-electron chi connectivity index (χ4n) is 4.90. The molecule has 41 heavy (non-hydrogen) atoms. The lowest BCUT2D eigenvalue weighted by atomic mass is 9.95. The number of ether oxygens (including phenoxy) is 1. The number of hydrogen-bond donors (Lipinski definition) is 2. The van der Waals surface area contributed by atoms with Crippen molar-refractivity contribution in [3.05, 3.63) is 107 Å². The second kappa shape index (κ2) is 13.5. The number of carbonyl (C=O) groups excluding carboxylic acids is 1. The third-order valence-corrected chi connectivity index (χ3v) is 7.94. The van der Waals surface area contributed by atoms with Crippen molar-refractivity contribution in [3.8, 4) is 5.75 Å². The molecule has 0 spiro atoms. The number of nitrogens with zero attached hydrogens (tertiary/aromatic N) is 3. The van der Waals surface area contributed by atoms with E-state index >= 15 is 0 Å². The van der Waals surface area contributed by atoms with Crippen LogP contribution in [0.4, 0.5) is 11.6 Å². The lowest BCUT2D eigenvalue weighted by Crippen LogP contribution is -2.31. The van der Waals surface area contributed by atoms with Gasteiger partial charge in [0.25, 0.3) is 5.91 Å². The number of aryl methyl sites for hydroxylation is 1. The number of aromatic nitrogens is 3. The summed E-state index contributed by atoms with van der Waals surface area (Å²) in [5.74, 6) is 2.02. The molecule has 1 aromatic heterocycles. The Hall–Kier alpha value is -4.04. The van der Waals surface area contributed by atoms with E-state index in [9.17, 15) is 4.79 Å². The number of rotatable bonds is 12. The predicted octanol–water partition coefficient (Wildman–Crippen LogP) is 7.77. The van der Waals surface area contributed by atoms with Crippen molar-refractivity contribution in [1.29, 1.82) is 0 Å². The quantitative estimate of drug-likeness (QED) is 0.134. The molecular formula is C33H37N5O2S. The summed E-state index contributed by atoms with van der Waals surface area (Å²) >= 11 is 1.57. The number of hydrogen-bond acceptors (Lipinski definition) is 6. The van der Waals surface area contributed by atoms with E-state index in [2.05, 4.69) is 29.7 Å². The molecule has 0 aliphatic carbocycles. The molecule has 1 aliphatic heterocycles. The van der Waals surface area contributed by atoms with Gasteiger partial charge in [0.1, 0.15) is 11.8 Å². The number of nitrogens with one attached hydrogen (secondary N) is 2. The first-order valence-corrected chi connectivity index (χ1v) is 15.2. The first-order valence-electron chi connectivity index (χ1n) is 14.2. The number of anilines is 2. The highest BCUT2D eigenvalue weighted by atomic mass is 32.2. The van der Waals surface area contributed by atoms with Crippen molar-refractivity contribution in [2.24, 2.45) is 0 Å². The van der Waals surface area contributed by atoms with Crippen LogP contribution < -0.4 is 15.4 Å². The van der Waals surface area contributed by atoms with E-state index in [-0.39, 0.29) is 5.91 Å². The van der Waals surface area contributed by atoms with Crippen molar-refractivity contribution in [2.75, 3.05) is 17.2 Å². The van der Waals surface area contributed by atoms with Gasteiger partial charge in [-0.15, -0.1) is 5.10 Å². The Labute approximate surface area is 246 Å². The SMILES string of the molecule is CCCCCCOc1ccc(C2C(C(=O)Nc3cccc(C)c3)=C(C)Nc3nc(SCc4ccccc4)nn32)cc1. The predicted molar refractivity (Wildman–Crippen MR) is 166 cm³/mol. The Bertz CT molecular complexity index is 1500. The Morgan fingerprint density at radius 1 is 1.00 bits per heavy atom. The van der Waals surface area contributed by atoms with Crippen molar-refractivity contribution < 1.29 is 9.53 Å². The number of fused-ring (bicyclic) bond motifs is 1. The van der Waals surface area contributed by atoms with Gasteiger partial charge in [-0.3, -0.25) is 4.79 Å². The topological polar surface area (TPSA) is 81.1 Å². The fourth-order valence-corrected chi connectivity index (χ4v) is 5.69. The lowest BCUT2D eigenvalue weighted by molar-refractivity contribution is -0.113. The summed E-state index contributed by atoms with van der Waals surface area (Å²) in [5, 5.41) is 12.0. The summed E-state index contributed by atoms with van der Waals surface area (Å²) < 4.78 is 7.81. The average Bonchev–Trinajstić information content (AvgIpc) is 3.38. The molecule has 1 aliphatic rings. The third kappa shape index (κ3) is 7.19. The Morgan fingerprint density at radius 2 is 1.80 bits per heavy atom. The normalized spacial score (nSPS) is 14.4. The molecule has 0 fully saturated rings. The first kappa shape index (κ1) is 28.5.